The third kappa shape index (κ3) is 5.77. The topological polar surface area (TPSA) is 111 Å². The molecule has 4 saturated carbocycles. The minimum atomic E-state index is -0.972. The summed E-state index contributed by atoms with van der Waals surface area (Å²) in [5.74, 6) is 1.07. The Kier molecular flexibility index (Phi) is 8.47. The molecular formula is C23H36N2O6S. The second-order valence-corrected chi connectivity index (χ2v) is 10.7. The van der Waals surface area contributed by atoms with Gasteiger partial charge in [-0.05, 0) is 81.1 Å². The largest absolute Gasteiger partial charge is 0.469 e. The monoisotopic (exact) mass is 468 g/mol. The average Bonchev–Trinajstić information content (AvgIpc) is 2.77. The Hall–Kier alpha value is -1.77. The quantitative estimate of drug-likeness (QED) is 0.447. The van der Waals surface area contributed by atoms with Gasteiger partial charge in [0.1, 0.15) is 12.1 Å². The number of methoxy groups -OCH3 is 2. The lowest BCUT2D eigenvalue weighted by molar-refractivity contribution is -0.149. The molecule has 0 spiro atoms. The van der Waals surface area contributed by atoms with Crippen molar-refractivity contribution in [3.63, 3.8) is 0 Å². The Morgan fingerprint density at radius 2 is 1.50 bits per heavy atom. The molecule has 0 aromatic carbocycles. The minimum Gasteiger partial charge on any atom is -0.469 e. The number of hydrogen-bond acceptors (Lipinski definition) is 7. The highest BCUT2D eigenvalue weighted by atomic mass is 32.2. The third-order valence-electron chi connectivity index (χ3n) is 7.42. The van der Waals surface area contributed by atoms with Gasteiger partial charge in [-0.1, -0.05) is 0 Å². The number of hydrogen-bond donors (Lipinski definition) is 2. The van der Waals surface area contributed by atoms with Gasteiger partial charge in [-0.15, -0.1) is 0 Å². The molecule has 32 heavy (non-hydrogen) atoms. The normalized spacial score (nSPS) is 29.7. The first-order valence-electron chi connectivity index (χ1n) is 11.5. The molecule has 0 heterocycles. The first-order valence-corrected chi connectivity index (χ1v) is 12.9. The molecule has 180 valence electrons. The van der Waals surface area contributed by atoms with E-state index in [1.807, 2.05) is 6.26 Å². The summed E-state index contributed by atoms with van der Waals surface area (Å²) in [7, 11) is 2.51. The summed E-state index contributed by atoms with van der Waals surface area (Å²) in [6.45, 7) is 0. The van der Waals surface area contributed by atoms with Crippen LogP contribution in [0.2, 0.25) is 0 Å². The SMILES string of the molecule is COC(=O)CCC(NC(=O)C(CCSC)NC(=O)C12CC3CC(CC(C3)C1)C2)C(=O)OC. The van der Waals surface area contributed by atoms with Crippen molar-refractivity contribution < 1.29 is 28.7 Å². The molecule has 4 aliphatic rings. The number of rotatable bonds is 11. The van der Waals surface area contributed by atoms with E-state index < -0.39 is 29.9 Å². The Bertz CT molecular complexity index is 692. The van der Waals surface area contributed by atoms with E-state index in [-0.39, 0.29) is 24.2 Å². The van der Waals surface area contributed by atoms with Crippen LogP contribution in [0.25, 0.3) is 0 Å². The molecule has 2 N–H and O–H groups in total. The molecular weight excluding hydrogens is 432 g/mol. The van der Waals surface area contributed by atoms with Gasteiger partial charge in [0.2, 0.25) is 11.8 Å². The van der Waals surface area contributed by atoms with Gasteiger partial charge in [-0.2, -0.15) is 11.8 Å². The number of ether oxygens (including phenoxy) is 2. The molecule has 4 bridgehead atoms. The highest BCUT2D eigenvalue weighted by molar-refractivity contribution is 7.98. The van der Waals surface area contributed by atoms with Crippen LogP contribution in [0.15, 0.2) is 0 Å². The van der Waals surface area contributed by atoms with Crippen LogP contribution in [0, 0.1) is 23.2 Å². The van der Waals surface area contributed by atoms with Gasteiger partial charge in [0, 0.05) is 11.8 Å². The van der Waals surface area contributed by atoms with Crippen LogP contribution in [0.5, 0.6) is 0 Å². The van der Waals surface area contributed by atoms with Crippen molar-refractivity contribution in [2.24, 2.45) is 23.2 Å². The van der Waals surface area contributed by atoms with E-state index in [0.29, 0.717) is 29.9 Å². The summed E-state index contributed by atoms with van der Waals surface area (Å²) in [6.07, 6.45) is 8.95. The first kappa shape index (κ1) is 24.9. The summed E-state index contributed by atoms with van der Waals surface area (Å²) < 4.78 is 9.41. The standard InChI is InChI=1S/C23H36N2O6S/c1-30-19(26)5-4-18(21(28)31-2)24-20(27)17(6-7-32-3)25-22(29)23-11-14-8-15(12-23)10-16(9-14)13-23/h14-18H,4-13H2,1-3H3,(H,24,27)(H,25,29). The maximum atomic E-state index is 13.5. The molecule has 0 aromatic heterocycles. The van der Waals surface area contributed by atoms with Crippen LogP contribution in [0.1, 0.15) is 57.8 Å². The maximum Gasteiger partial charge on any atom is 0.328 e. The summed E-state index contributed by atoms with van der Waals surface area (Å²) in [5.41, 5.74) is -0.348. The molecule has 2 amide bonds. The molecule has 0 saturated heterocycles. The molecule has 0 radical (unpaired) electrons. The third-order valence-corrected chi connectivity index (χ3v) is 8.06. The van der Waals surface area contributed by atoms with Crippen LogP contribution in [-0.4, -0.2) is 62.1 Å². The Morgan fingerprint density at radius 3 is 2.00 bits per heavy atom. The van der Waals surface area contributed by atoms with Crippen molar-refractivity contribution in [2.45, 2.75) is 69.9 Å². The second kappa shape index (κ2) is 10.9. The van der Waals surface area contributed by atoms with Gasteiger partial charge in [0.15, 0.2) is 0 Å². The second-order valence-electron chi connectivity index (χ2n) is 9.70. The van der Waals surface area contributed by atoms with Crippen molar-refractivity contribution >= 4 is 35.5 Å². The molecule has 4 rings (SSSR count). The first-order chi connectivity index (χ1) is 15.3. The Labute approximate surface area is 194 Å². The number of nitrogens with one attached hydrogen (secondary N) is 2. The van der Waals surface area contributed by atoms with Gasteiger partial charge in [0.05, 0.1) is 14.2 Å². The van der Waals surface area contributed by atoms with Gasteiger partial charge in [0.25, 0.3) is 0 Å². The van der Waals surface area contributed by atoms with E-state index in [4.69, 9.17) is 4.74 Å². The predicted molar refractivity (Wildman–Crippen MR) is 121 cm³/mol. The molecule has 2 unspecified atom stereocenters. The number of carbonyl (C=O) groups is 4. The highest BCUT2D eigenvalue weighted by Crippen LogP contribution is 2.60. The Balaban J connectivity index is 1.66. The van der Waals surface area contributed by atoms with Crippen molar-refractivity contribution in [2.75, 3.05) is 26.2 Å². The minimum absolute atomic E-state index is 0.0120. The van der Waals surface area contributed by atoms with Gasteiger partial charge in [-0.3, -0.25) is 14.4 Å². The van der Waals surface area contributed by atoms with E-state index in [2.05, 4.69) is 15.4 Å². The zero-order valence-corrected chi connectivity index (χ0v) is 20.1. The van der Waals surface area contributed by atoms with Gasteiger partial charge in [-0.25, -0.2) is 4.79 Å². The zero-order chi connectivity index (χ0) is 23.3. The van der Waals surface area contributed by atoms with Crippen LogP contribution in [-0.2, 0) is 28.7 Å². The molecule has 2 atom stereocenters. The lowest BCUT2D eigenvalue weighted by Gasteiger charge is -2.55. The number of esters is 2. The zero-order valence-electron chi connectivity index (χ0n) is 19.3. The van der Waals surface area contributed by atoms with Crippen molar-refractivity contribution in [3.05, 3.63) is 0 Å². The van der Waals surface area contributed by atoms with E-state index in [9.17, 15) is 19.2 Å². The lowest BCUT2D eigenvalue weighted by Crippen LogP contribution is -2.58. The predicted octanol–water partition coefficient (Wildman–Crippen LogP) is 2.05. The van der Waals surface area contributed by atoms with E-state index >= 15 is 0 Å². The average molecular weight is 469 g/mol. The van der Waals surface area contributed by atoms with E-state index in [1.54, 1.807) is 11.8 Å². The van der Waals surface area contributed by atoms with E-state index in [0.717, 1.165) is 19.3 Å². The fourth-order valence-corrected chi connectivity index (χ4v) is 6.70. The fourth-order valence-electron chi connectivity index (χ4n) is 6.23. The van der Waals surface area contributed by atoms with Crippen molar-refractivity contribution in [3.8, 4) is 0 Å². The fraction of sp³-hybridized carbons (Fsp3) is 0.826. The van der Waals surface area contributed by atoms with Crippen LogP contribution in [0.4, 0.5) is 0 Å². The lowest BCUT2D eigenvalue weighted by atomic mass is 9.49. The summed E-state index contributed by atoms with van der Waals surface area (Å²) in [5, 5.41) is 5.73. The summed E-state index contributed by atoms with van der Waals surface area (Å²) >= 11 is 1.60. The van der Waals surface area contributed by atoms with Crippen LogP contribution < -0.4 is 10.6 Å². The molecule has 9 heteroatoms. The number of thioether (sulfide) groups is 1. The highest BCUT2D eigenvalue weighted by Gasteiger charge is 2.55. The van der Waals surface area contributed by atoms with Crippen LogP contribution in [0.3, 0.4) is 0 Å². The van der Waals surface area contributed by atoms with Gasteiger partial charge >= 0.3 is 11.9 Å². The Morgan fingerprint density at radius 1 is 0.906 bits per heavy atom. The van der Waals surface area contributed by atoms with Crippen molar-refractivity contribution in [1.29, 1.82) is 0 Å². The maximum absolute atomic E-state index is 13.5. The molecule has 8 nitrogen and oxygen atoms in total. The van der Waals surface area contributed by atoms with Crippen LogP contribution >= 0.6 is 11.8 Å². The summed E-state index contributed by atoms with van der Waals surface area (Å²) in [6, 6.07) is -1.70. The molecule has 0 aromatic rings. The summed E-state index contributed by atoms with van der Waals surface area (Å²) in [4.78, 5) is 50.2. The number of carbonyl (C=O) groups excluding carboxylic acids is 4. The van der Waals surface area contributed by atoms with E-state index in [1.165, 1.54) is 33.5 Å². The molecule has 4 fully saturated rings. The number of amides is 2. The molecule has 0 aliphatic heterocycles. The molecule has 4 aliphatic carbocycles. The van der Waals surface area contributed by atoms with Crippen molar-refractivity contribution in [1.82, 2.24) is 10.6 Å². The smallest absolute Gasteiger partial charge is 0.328 e. The van der Waals surface area contributed by atoms with Gasteiger partial charge < -0.3 is 20.1 Å².